The third-order valence-corrected chi connectivity index (χ3v) is 3.06. The molecule has 0 saturated carbocycles. The Kier molecular flexibility index (Phi) is 3.39. The minimum absolute atomic E-state index is 0.115. The Labute approximate surface area is 102 Å². The second kappa shape index (κ2) is 4.97. The Morgan fingerprint density at radius 1 is 1.41 bits per heavy atom. The van der Waals surface area contributed by atoms with Gasteiger partial charge in [0.2, 0.25) is 0 Å². The fourth-order valence-corrected chi connectivity index (χ4v) is 2.07. The SMILES string of the molecule is Nc1c(F)cccc1C(=O)NCc1ccsc1. The van der Waals surface area contributed by atoms with Gasteiger partial charge in [-0.25, -0.2) is 4.39 Å². The monoisotopic (exact) mass is 250 g/mol. The van der Waals surface area contributed by atoms with Crippen LogP contribution in [0.5, 0.6) is 0 Å². The normalized spacial score (nSPS) is 10.2. The summed E-state index contributed by atoms with van der Waals surface area (Å²) >= 11 is 1.56. The summed E-state index contributed by atoms with van der Waals surface area (Å²) < 4.78 is 13.1. The highest BCUT2D eigenvalue weighted by Gasteiger charge is 2.11. The van der Waals surface area contributed by atoms with Gasteiger partial charge in [-0.05, 0) is 34.5 Å². The first-order valence-corrected chi connectivity index (χ1v) is 5.96. The predicted octanol–water partition coefficient (Wildman–Crippen LogP) is 2.40. The number of para-hydroxylation sites is 1. The van der Waals surface area contributed by atoms with Gasteiger partial charge in [-0.2, -0.15) is 11.3 Å². The van der Waals surface area contributed by atoms with Crippen molar-refractivity contribution >= 4 is 22.9 Å². The summed E-state index contributed by atoms with van der Waals surface area (Å²) in [5.41, 5.74) is 6.56. The molecular weight excluding hydrogens is 239 g/mol. The van der Waals surface area contributed by atoms with Crippen molar-refractivity contribution in [2.45, 2.75) is 6.54 Å². The van der Waals surface area contributed by atoms with E-state index in [1.54, 1.807) is 11.3 Å². The highest BCUT2D eigenvalue weighted by atomic mass is 32.1. The number of thiophene rings is 1. The van der Waals surface area contributed by atoms with Gasteiger partial charge in [0.25, 0.3) is 5.91 Å². The maximum Gasteiger partial charge on any atom is 0.253 e. The number of hydrogen-bond acceptors (Lipinski definition) is 3. The van der Waals surface area contributed by atoms with Crippen molar-refractivity contribution in [3.05, 3.63) is 52.0 Å². The highest BCUT2D eigenvalue weighted by Crippen LogP contribution is 2.15. The van der Waals surface area contributed by atoms with Gasteiger partial charge >= 0.3 is 0 Å². The summed E-state index contributed by atoms with van der Waals surface area (Å²) in [6.45, 7) is 0.415. The Bertz CT molecular complexity index is 525. The van der Waals surface area contributed by atoms with Gasteiger partial charge in [-0.3, -0.25) is 4.79 Å². The molecule has 2 rings (SSSR count). The van der Waals surface area contributed by atoms with E-state index in [-0.39, 0.29) is 17.2 Å². The van der Waals surface area contributed by atoms with Crippen LogP contribution in [-0.2, 0) is 6.54 Å². The molecule has 0 aliphatic heterocycles. The van der Waals surface area contributed by atoms with Crippen LogP contribution < -0.4 is 11.1 Å². The topological polar surface area (TPSA) is 55.1 Å². The number of nitrogens with two attached hydrogens (primary N) is 1. The van der Waals surface area contributed by atoms with Crippen LogP contribution in [0.2, 0.25) is 0 Å². The number of benzene rings is 1. The predicted molar refractivity (Wildman–Crippen MR) is 66.3 cm³/mol. The number of nitrogen functional groups attached to an aromatic ring is 1. The molecule has 3 N–H and O–H groups in total. The van der Waals surface area contributed by atoms with Crippen LogP contribution in [0.4, 0.5) is 10.1 Å². The molecule has 0 aliphatic rings. The molecule has 1 amide bonds. The van der Waals surface area contributed by atoms with E-state index in [2.05, 4.69) is 5.32 Å². The minimum atomic E-state index is -0.576. The summed E-state index contributed by atoms with van der Waals surface area (Å²) in [6, 6.07) is 6.11. The van der Waals surface area contributed by atoms with Crippen molar-refractivity contribution in [2.24, 2.45) is 0 Å². The highest BCUT2D eigenvalue weighted by molar-refractivity contribution is 7.07. The van der Waals surface area contributed by atoms with E-state index in [1.165, 1.54) is 18.2 Å². The second-order valence-electron chi connectivity index (χ2n) is 3.52. The molecule has 0 spiro atoms. The first-order valence-electron chi connectivity index (χ1n) is 5.01. The summed E-state index contributed by atoms with van der Waals surface area (Å²) in [5.74, 6) is -0.943. The molecule has 3 nitrogen and oxygen atoms in total. The van der Waals surface area contributed by atoms with Gasteiger partial charge in [0.05, 0.1) is 11.3 Å². The number of carbonyl (C=O) groups is 1. The van der Waals surface area contributed by atoms with E-state index >= 15 is 0 Å². The Balaban J connectivity index is 2.07. The molecule has 0 saturated heterocycles. The van der Waals surface area contributed by atoms with Crippen LogP contribution in [0.1, 0.15) is 15.9 Å². The number of nitrogens with one attached hydrogen (secondary N) is 1. The third kappa shape index (κ3) is 2.62. The lowest BCUT2D eigenvalue weighted by molar-refractivity contribution is 0.0951. The Morgan fingerprint density at radius 3 is 2.94 bits per heavy atom. The zero-order valence-corrected chi connectivity index (χ0v) is 9.76. The largest absolute Gasteiger partial charge is 0.396 e. The average molecular weight is 250 g/mol. The molecule has 0 bridgehead atoms. The van der Waals surface area contributed by atoms with E-state index in [0.717, 1.165) is 5.56 Å². The second-order valence-corrected chi connectivity index (χ2v) is 4.30. The summed E-state index contributed by atoms with van der Waals surface area (Å²) in [7, 11) is 0. The quantitative estimate of drug-likeness (QED) is 0.822. The van der Waals surface area contributed by atoms with Crippen LogP contribution in [0.25, 0.3) is 0 Å². The molecule has 17 heavy (non-hydrogen) atoms. The summed E-state index contributed by atoms with van der Waals surface area (Å²) in [6.07, 6.45) is 0. The van der Waals surface area contributed by atoms with Gasteiger partial charge in [-0.15, -0.1) is 0 Å². The standard InChI is InChI=1S/C12H11FN2OS/c13-10-3-1-2-9(11(10)14)12(16)15-6-8-4-5-17-7-8/h1-5,7H,6,14H2,(H,15,16). The lowest BCUT2D eigenvalue weighted by Gasteiger charge is -2.07. The van der Waals surface area contributed by atoms with E-state index in [9.17, 15) is 9.18 Å². The molecule has 0 fully saturated rings. The number of rotatable bonds is 3. The lowest BCUT2D eigenvalue weighted by atomic mass is 10.1. The molecule has 88 valence electrons. The first kappa shape index (κ1) is 11.6. The van der Waals surface area contributed by atoms with E-state index in [4.69, 9.17) is 5.73 Å². The number of halogens is 1. The van der Waals surface area contributed by atoms with Gasteiger partial charge in [0.15, 0.2) is 0 Å². The molecule has 0 aliphatic carbocycles. The van der Waals surface area contributed by atoms with E-state index < -0.39 is 5.82 Å². The summed E-state index contributed by atoms with van der Waals surface area (Å²) in [5, 5.41) is 6.56. The van der Waals surface area contributed by atoms with Crippen molar-refractivity contribution in [1.29, 1.82) is 0 Å². The van der Waals surface area contributed by atoms with Crippen LogP contribution >= 0.6 is 11.3 Å². The number of carbonyl (C=O) groups excluding carboxylic acids is 1. The lowest BCUT2D eigenvalue weighted by Crippen LogP contribution is -2.23. The number of amides is 1. The van der Waals surface area contributed by atoms with E-state index in [0.29, 0.717) is 6.54 Å². The van der Waals surface area contributed by atoms with Crippen LogP contribution in [-0.4, -0.2) is 5.91 Å². The fraction of sp³-hybridized carbons (Fsp3) is 0.0833. The summed E-state index contributed by atoms with van der Waals surface area (Å²) in [4.78, 5) is 11.8. The van der Waals surface area contributed by atoms with Gasteiger partial charge in [-0.1, -0.05) is 6.07 Å². The smallest absolute Gasteiger partial charge is 0.253 e. The molecular formula is C12H11FN2OS. The van der Waals surface area contributed by atoms with Crippen LogP contribution in [0.15, 0.2) is 35.0 Å². The molecule has 1 heterocycles. The fourth-order valence-electron chi connectivity index (χ4n) is 1.41. The molecule has 0 atom stereocenters. The molecule has 1 aromatic carbocycles. The van der Waals surface area contributed by atoms with Crippen molar-refractivity contribution in [3.8, 4) is 0 Å². The van der Waals surface area contributed by atoms with Gasteiger partial charge in [0.1, 0.15) is 5.82 Å². The molecule has 1 aromatic heterocycles. The maximum atomic E-state index is 13.1. The Hall–Kier alpha value is -1.88. The maximum absolute atomic E-state index is 13.1. The van der Waals surface area contributed by atoms with Crippen LogP contribution in [0.3, 0.4) is 0 Å². The minimum Gasteiger partial charge on any atom is -0.396 e. The molecule has 0 radical (unpaired) electrons. The third-order valence-electron chi connectivity index (χ3n) is 2.33. The molecule has 0 unspecified atom stereocenters. The van der Waals surface area contributed by atoms with Gasteiger partial charge in [0, 0.05) is 6.54 Å². The number of anilines is 1. The molecule has 2 aromatic rings. The zero-order chi connectivity index (χ0) is 12.3. The van der Waals surface area contributed by atoms with E-state index in [1.807, 2.05) is 16.8 Å². The molecule has 5 heteroatoms. The first-order chi connectivity index (χ1) is 8.18. The van der Waals surface area contributed by atoms with Crippen molar-refractivity contribution in [3.63, 3.8) is 0 Å². The van der Waals surface area contributed by atoms with Crippen molar-refractivity contribution in [1.82, 2.24) is 5.32 Å². The number of hydrogen-bond donors (Lipinski definition) is 2. The average Bonchev–Trinajstić information content (AvgIpc) is 2.82. The van der Waals surface area contributed by atoms with Gasteiger partial charge < -0.3 is 11.1 Å². The van der Waals surface area contributed by atoms with Crippen molar-refractivity contribution < 1.29 is 9.18 Å². The Morgan fingerprint density at radius 2 is 2.24 bits per heavy atom. The zero-order valence-electron chi connectivity index (χ0n) is 8.94. The van der Waals surface area contributed by atoms with Crippen LogP contribution in [0, 0.1) is 5.82 Å². The van der Waals surface area contributed by atoms with Crippen molar-refractivity contribution in [2.75, 3.05) is 5.73 Å².